The van der Waals surface area contributed by atoms with Gasteiger partial charge in [-0.25, -0.2) is 0 Å². The lowest BCUT2D eigenvalue weighted by Crippen LogP contribution is -2.31. The summed E-state index contributed by atoms with van der Waals surface area (Å²) in [6, 6.07) is 25.0. The maximum Gasteiger partial charge on any atom is 0.227 e. The van der Waals surface area contributed by atoms with Gasteiger partial charge in [0.2, 0.25) is 5.91 Å². The lowest BCUT2D eigenvalue weighted by atomic mass is 9.89. The molecular formula is C23H25ClN2O. The van der Waals surface area contributed by atoms with Crippen molar-refractivity contribution in [2.24, 2.45) is 11.7 Å². The average Bonchev–Trinajstić information content (AvgIpc) is 3.13. The van der Waals surface area contributed by atoms with Gasteiger partial charge in [0, 0.05) is 19.0 Å². The van der Waals surface area contributed by atoms with Gasteiger partial charge in [-0.2, -0.15) is 0 Å². The third-order valence-electron chi connectivity index (χ3n) is 5.49. The highest BCUT2D eigenvalue weighted by molar-refractivity contribution is 5.86. The molecule has 0 bridgehead atoms. The fourth-order valence-electron chi connectivity index (χ4n) is 4.03. The van der Waals surface area contributed by atoms with Crippen molar-refractivity contribution in [1.82, 2.24) is 4.90 Å². The first-order chi connectivity index (χ1) is 12.7. The minimum Gasteiger partial charge on any atom is -0.341 e. The Morgan fingerprint density at radius 1 is 0.926 bits per heavy atom. The molecule has 140 valence electrons. The third kappa shape index (κ3) is 4.15. The summed E-state index contributed by atoms with van der Waals surface area (Å²) in [6.45, 7) is 2.13. The second-order valence-corrected chi connectivity index (χ2v) is 7.17. The van der Waals surface area contributed by atoms with E-state index in [-0.39, 0.29) is 18.3 Å². The molecule has 3 aromatic rings. The van der Waals surface area contributed by atoms with Gasteiger partial charge in [-0.05, 0) is 34.4 Å². The fraction of sp³-hybridized carbons (Fsp3) is 0.261. The van der Waals surface area contributed by atoms with Crippen molar-refractivity contribution in [3.05, 3.63) is 83.9 Å². The largest absolute Gasteiger partial charge is 0.341 e. The van der Waals surface area contributed by atoms with Gasteiger partial charge in [0.25, 0.3) is 0 Å². The Bertz CT molecular complexity index is 912. The number of hydrogen-bond donors (Lipinski definition) is 1. The van der Waals surface area contributed by atoms with Gasteiger partial charge in [-0.3, -0.25) is 4.79 Å². The van der Waals surface area contributed by atoms with Crippen molar-refractivity contribution >= 4 is 29.1 Å². The molecular weight excluding hydrogens is 356 g/mol. The number of rotatable bonds is 4. The number of halogens is 1. The number of likely N-dealkylation sites (tertiary alicyclic amines) is 1. The molecule has 0 spiro atoms. The van der Waals surface area contributed by atoms with E-state index in [4.69, 9.17) is 5.73 Å². The quantitative estimate of drug-likeness (QED) is 0.743. The molecule has 0 saturated carbocycles. The monoisotopic (exact) mass is 380 g/mol. The zero-order valence-electron chi connectivity index (χ0n) is 15.3. The second-order valence-electron chi connectivity index (χ2n) is 7.17. The van der Waals surface area contributed by atoms with E-state index >= 15 is 0 Å². The van der Waals surface area contributed by atoms with Crippen molar-refractivity contribution in [1.29, 1.82) is 0 Å². The molecule has 0 unspecified atom stereocenters. The smallest absolute Gasteiger partial charge is 0.227 e. The van der Waals surface area contributed by atoms with E-state index in [0.717, 1.165) is 18.7 Å². The predicted octanol–water partition coefficient (Wildman–Crippen LogP) is 4.01. The molecule has 1 aliphatic heterocycles. The number of amides is 1. The summed E-state index contributed by atoms with van der Waals surface area (Å²) in [7, 11) is 0. The molecule has 2 atom stereocenters. The molecule has 1 amide bonds. The third-order valence-corrected chi connectivity index (χ3v) is 5.49. The summed E-state index contributed by atoms with van der Waals surface area (Å²) in [5, 5.41) is 2.39. The normalized spacial score (nSPS) is 19.1. The first-order valence-electron chi connectivity index (χ1n) is 9.25. The highest BCUT2D eigenvalue weighted by Crippen LogP contribution is 2.32. The summed E-state index contributed by atoms with van der Waals surface area (Å²) in [6.07, 6.45) is 0.448. The van der Waals surface area contributed by atoms with Crippen LogP contribution in [0.25, 0.3) is 10.8 Å². The van der Waals surface area contributed by atoms with E-state index in [0.29, 0.717) is 24.8 Å². The highest BCUT2D eigenvalue weighted by Gasteiger charge is 2.35. The standard InChI is InChI=1S/C23H24N2O.ClH/c24-14-21-15-25(16-22(21)19-7-2-1-3-8-19)23(26)13-17-10-11-18-6-4-5-9-20(18)12-17;/h1-12,21-22H,13-16,24H2;1H/t21-,22+;/m1./s1. The molecule has 1 fully saturated rings. The van der Waals surface area contributed by atoms with Gasteiger partial charge < -0.3 is 10.6 Å². The zero-order valence-corrected chi connectivity index (χ0v) is 16.1. The Morgan fingerprint density at radius 3 is 2.37 bits per heavy atom. The zero-order chi connectivity index (χ0) is 17.9. The van der Waals surface area contributed by atoms with Gasteiger partial charge in [-0.1, -0.05) is 72.8 Å². The van der Waals surface area contributed by atoms with Gasteiger partial charge >= 0.3 is 0 Å². The van der Waals surface area contributed by atoms with Crippen LogP contribution in [-0.4, -0.2) is 30.4 Å². The molecule has 1 heterocycles. The molecule has 2 N–H and O–H groups in total. The molecule has 4 heteroatoms. The van der Waals surface area contributed by atoms with Crippen molar-refractivity contribution in [2.75, 3.05) is 19.6 Å². The molecule has 0 radical (unpaired) electrons. The van der Waals surface area contributed by atoms with Crippen LogP contribution in [0.2, 0.25) is 0 Å². The van der Waals surface area contributed by atoms with Gasteiger partial charge in [0.05, 0.1) is 6.42 Å². The van der Waals surface area contributed by atoms with E-state index in [1.165, 1.54) is 16.3 Å². The van der Waals surface area contributed by atoms with E-state index in [1.807, 2.05) is 23.1 Å². The van der Waals surface area contributed by atoms with Crippen LogP contribution in [0.1, 0.15) is 17.0 Å². The van der Waals surface area contributed by atoms with Crippen molar-refractivity contribution < 1.29 is 4.79 Å². The van der Waals surface area contributed by atoms with Crippen LogP contribution in [0.3, 0.4) is 0 Å². The minimum absolute atomic E-state index is 0. The van der Waals surface area contributed by atoms with Crippen molar-refractivity contribution in [3.8, 4) is 0 Å². The lowest BCUT2D eigenvalue weighted by molar-refractivity contribution is -0.129. The van der Waals surface area contributed by atoms with Crippen LogP contribution < -0.4 is 5.73 Å². The van der Waals surface area contributed by atoms with Crippen LogP contribution in [0.4, 0.5) is 0 Å². The number of hydrogen-bond acceptors (Lipinski definition) is 2. The maximum absolute atomic E-state index is 12.9. The Kier molecular flexibility index (Phi) is 6.15. The molecule has 0 aliphatic carbocycles. The first-order valence-corrected chi connectivity index (χ1v) is 9.25. The molecule has 0 aromatic heterocycles. The Morgan fingerprint density at radius 2 is 1.63 bits per heavy atom. The molecule has 1 aliphatic rings. The molecule has 3 aromatic carbocycles. The number of nitrogens with zero attached hydrogens (tertiary/aromatic N) is 1. The number of carbonyl (C=O) groups is 1. The summed E-state index contributed by atoms with van der Waals surface area (Å²) in [4.78, 5) is 14.9. The van der Waals surface area contributed by atoms with E-state index in [1.54, 1.807) is 0 Å². The fourth-order valence-corrected chi connectivity index (χ4v) is 4.03. The Labute approximate surface area is 166 Å². The van der Waals surface area contributed by atoms with Crippen LogP contribution in [0, 0.1) is 5.92 Å². The average molecular weight is 381 g/mol. The Balaban J connectivity index is 0.00000210. The topological polar surface area (TPSA) is 46.3 Å². The summed E-state index contributed by atoms with van der Waals surface area (Å²) in [5.74, 6) is 0.858. The minimum atomic E-state index is 0. The van der Waals surface area contributed by atoms with Gasteiger partial charge in [0.1, 0.15) is 0 Å². The maximum atomic E-state index is 12.9. The SMILES string of the molecule is Cl.NC[C@@H]1CN(C(=O)Cc2ccc3ccccc3c2)C[C@H]1c1ccccc1. The second kappa shape index (κ2) is 8.55. The van der Waals surface area contributed by atoms with Crippen LogP contribution in [0.15, 0.2) is 72.8 Å². The number of carbonyl (C=O) groups excluding carboxylic acids is 1. The number of benzene rings is 3. The summed E-state index contributed by atoms with van der Waals surface area (Å²) < 4.78 is 0. The molecule has 27 heavy (non-hydrogen) atoms. The van der Waals surface area contributed by atoms with Gasteiger partial charge in [-0.15, -0.1) is 12.4 Å². The van der Waals surface area contributed by atoms with Crippen LogP contribution in [-0.2, 0) is 11.2 Å². The van der Waals surface area contributed by atoms with E-state index < -0.39 is 0 Å². The van der Waals surface area contributed by atoms with Crippen LogP contribution in [0.5, 0.6) is 0 Å². The van der Waals surface area contributed by atoms with Crippen molar-refractivity contribution in [3.63, 3.8) is 0 Å². The van der Waals surface area contributed by atoms with Crippen LogP contribution >= 0.6 is 12.4 Å². The predicted molar refractivity (Wildman–Crippen MR) is 113 cm³/mol. The van der Waals surface area contributed by atoms with E-state index in [2.05, 4.69) is 54.6 Å². The highest BCUT2D eigenvalue weighted by atomic mass is 35.5. The summed E-state index contributed by atoms with van der Waals surface area (Å²) in [5.41, 5.74) is 8.35. The Hall–Kier alpha value is -2.36. The first kappa shape index (κ1) is 19.4. The molecule has 1 saturated heterocycles. The summed E-state index contributed by atoms with van der Waals surface area (Å²) >= 11 is 0. The van der Waals surface area contributed by atoms with Gasteiger partial charge in [0.15, 0.2) is 0 Å². The lowest BCUT2D eigenvalue weighted by Gasteiger charge is -2.17. The molecule has 4 rings (SSSR count). The van der Waals surface area contributed by atoms with Crippen molar-refractivity contribution in [2.45, 2.75) is 12.3 Å². The molecule has 3 nitrogen and oxygen atoms in total. The number of nitrogens with two attached hydrogens (primary N) is 1. The van der Waals surface area contributed by atoms with E-state index in [9.17, 15) is 4.79 Å². The number of fused-ring (bicyclic) bond motifs is 1.